The van der Waals surface area contributed by atoms with Crippen molar-refractivity contribution in [2.24, 2.45) is 5.41 Å². The second-order valence-corrected chi connectivity index (χ2v) is 7.39. The Kier molecular flexibility index (Phi) is 6.20. The Labute approximate surface area is 158 Å². The lowest BCUT2D eigenvalue weighted by Gasteiger charge is -2.38. The van der Waals surface area contributed by atoms with Crippen LogP contribution in [-0.4, -0.2) is 55.0 Å². The number of hydrogen-bond acceptors (Lipinski definition) is 6. The smallest absolute Gasteiger partial charge is 0.330 e. The van der Waals surface area contributed by atoms with Crippen molar-refractivity contribution in [3.8, 4) is 0 Å². The summed E-state index contributed by atoms with van der Waals surface area (Å²) in [7, 11) is 1.27. The van der Waals surface area contributed by atoms with E-state index in [1.165, 1.54) is 25.3 Å². The molecule has 1 aromatic carbocycles. The number of methoxy groups -OCH3 is 1. The van der Waals surface area contributed by atoms with Gasteiger partial charge in [-0.05, 0) is 17.7 Å². The molecule has 0 spiro atoms. The second kappa shape index (κ2) is 8.20. The molecule has 0 atom stereocenters. The third-order valence-electron chi connectivity index (χ3n) is 4.36. The van der Waals surface area contributed by atoms with Gasteiger partial charge >= 0.3 is 5.97 Å². The molecule has 0 aromatic heterocycles. The summed E-state index contributed by atoms with van der Waals surface area (Å²) in [5.41, 5.74) is 0.579. The van der Waals surface area contributed by atoms with Gasteiger partial charge in [-0.1, -0.05) is 26.8 Å². The summed E-state index contributed by atoms with van der Waals surface area (Å²) >= 11 is 0. The van der Waals surface area contributed by atoms with Gasteiger partial charge in [-0.15, -0.1) is 0 Å². The van der Waals surface area contributed by atoms with Crippen molar-refractivity contribution in [2.75, 3.05) is 38.2 Å². The van der Waals surface area contributed by atoms with E-state index in [1.807, 2.05) is 25.7 Å². The number of carbonyl (C=O) groups is 2. The van der Waals surface area contributed by atoms with Crippen molar-refractivity contribution in [1.29, 1.82) is 0 Å². The highest BCUT2D eigenvalue weighted by Crippen LogP contribution is 2.31. The Bertz CT molecular complexity index is 759. The minimum atomic E-state index is -0.527. The Hall–Kier alpha value is -2.90. The molecule has 1 aliphatic rings. The molecule has 0 bridgehead atoms. The first-order chi connectivity index (χ1) is 12.6. The average molecular weight is 375 g/mol. The molecule has 1 fully saturated rings. The molecule has 2 rings (SSSR count). The van der Waals surface area contributed by atoms with Gasteiger partial charge in [0, 0.05) is 43.7 Å². The first kappa shape index (κ1) is 20.4. The summed E-state index contributed by atoms with van der Waals surface area (Å²) in [5, 5.41) is 11.5. The molecule has 1 heterocycles. The fourth-order valence-electron chi connectivity index (χ4n) is 2.91. The van der Waals surface area contributed by atoms with E-state index in [1.54, 1.807) is 17.0 Å². The maximum absolute atomic E-state index is 12.4. The summed E-state index contributed by atoms with van der Waals surface area (Å²) in [5.74, 6) is -0.443. The lowest BCUT2D eigenvalue weighted by atomic mass is 9.94. The molecule has 0 N–H and O–H groups in total. The molecular formula is C19H25N3O5. The monoisotopic (exact) mass is 375 g/mol. The number of ether oxygens (including phenoxy) is 1. The molecule has 0 aliphatic carbocycles. The number of rotatable bonds is 4. The summed E-state index contributed by atoms with van der Waals surface area (Å²) in [4.78, 5) is 38.4. The van der Waals surface area contributed by atoms with Gasteiger partial charge < -0.3 is 14.5 Å². The minimum Gasteiger partial charge on any atom is -0.466 e. The Morgan fingerprint density at radius 1 is 1.19 bits per heavy atom. The van der Waals surface area contributed by atoms with Crippen LogP contribution in [0.1, 0.15) is 26.3 Å². The highest BCUT2D eigenvalue weighted by Gasteiger charge is 2.31. The zero-order chi connectivity index (χ0) is 20.2. The van der Waals surface area contributed by atoms with Gasteiger partial charge in [0.15, 0.2) is 0 Å². The molecule has 1 aliphatic heterocycles. The molecular weight excluding hydrogens is 350 g/mol. The predicted octanol–water partition coefficient (Wildman–Crippen LogP) is 2.48. The first-order valence-corrected chi connectivity index (χ1v) is 8.72. The van der Waals surface area contributed by atoms with E-state index in [9.17, 15) is 19.7 Å². The molecule has 1 aromatic rings. The van der Waals surface area contributed by atoms with Gasteiger partial charge in [0.2, 0.25) is 5.91 Å². The number of anilines is 1. The van der Waals surface area contributed by atoms with Crippen LogP contribution in [0.3, 0.4) is 0 Å². The van der Waals surface area contributed by atoms with Crippen LogP contribution in [0.4, 0.5) is 11.4 Å². The van der Waals surface area contributed by atoms with Crippen molar-refractivity contribution < 1.29 is 19.2 Å². The third-order valence-corrected chi connectivity index (χ3v) is 4.36. The fourth-order valence-corrected chi connectivity index (χ4v) is 2.91. The lowest BCUT2D eigenvalue weighted by Crippen LogP contribution is -2.51. The number of carbonyl (C=O) groups excluding carboxylic acids is 2. The molecule has 1 saturated heterocycles. The number of esters is 1. The fraction of sp³-hybridized carbons (Fsp3) is 0.474. The number of amides is 1. The van der Waals surface area contributed by atoms with E-state index in [2.05, 4.69) is 4.74 Å². The van der Waals surface area contributed by atoms with Gasteiger partial charge in [-0.2, -0.15) is 0 Å². The first-order valence-electron chi connectivity index (χ1n) is 8.72. The average Bonchev–Trinajstić information content (AvgIpc) is 2.64. The zero-order valence-corrected chi connectivity index (χ0v) is 16.1. The topological polar surface area (TPSA) is 93.0 Å². The number of piperazine rings is 1. The van der Waals surface area contributed by atoms with Crippen molar-refractivity contribution in [2.45, 2.75) is 20.8 Å². The van der Waals surface area contributed by atoms with Crippen LogP contribution >= 0.6 is 0 Å². The lowest BCUT2D eigenvalue weighted by molar-refractivity contribution is -0.384. The SMILES string of the molecule is COC(=O)/C=C/c1ccc(N2CCN(C(=O)C(C)(C)C)CC2)c([N+](=O)[O-])c1. The highest BCUT2D eigenvalue weighted by atomic mass is 16.6. The molecule has 27 heavy (non-hydrogen) atoms. The van der Waals surface area contributed by atoms with E-state index >= 15 is 0 Å². The molecule has 146 valence electrons. The van der Waals surface area contributed by atoms with Gasteiger partial charge in [-0.3, -0.25) is 14.9 Å². The summed E-state index contributed by atoms with van der Waals surface area (Å²) in [6.45, 7) is 7.75. The highest BCUT2D eigenvalue weighted by molar-refractivity contribution is 5.87. The van der Waals surface area contributed by atoms with Gasteiger partial charge in [0.25, 0.3) is 5.69 Å². The van der Waals surface area contributed by atoms with Gasteiger partial charge in [0.05, 0.1) is 12.0 Å². The van der Waals surface area contributed by atoms with Crippen molar-refractivity contribution in [3.63, 3.8) is 0 Å². The van der Waals surface area contributed by atoms with Crippen LogP contribution in [0.2, 0.25) is 0 Å². The molecule has 0 radical (unpaired) electrons. The molecule has 8 heteroatoms. The largest absolute Gasteiger partial charge is 0.466 e. The van der Waals surface area contributed by atoms with E-state index < -0.39 is 16.3 Å². The van der Waals surface area contributed by atoms with E-state index in [0.29, 0.717) is 37.4 Å². The van der Waals surface area contributed by atoms with Gasteiger partial charge in [-0.25, -0.2) is 4.79 Å². The molecule has 1 amide bonds. The Balaban J connectivity index is 2.17. The van der Waals surface area contributed by atoms with Crippen molar-refractivity contribution in [1.82, 2.24) is 4.90 Å². The maximum atomic E-state index is 12.4. The zero-order valence-electron chi connectivity index (χ0n) is 16.1. The predicted molar refractivity (Wildman–Crippen MR) is 102 cm³/mol. The number of benzene rings is 1. The van der Waals surface area contributed by atoms with E-state index in [0.717, 1.165) is 0 Å². The Morgan fingerprint density at radius 2 is 1.81 bits per heavy atom. The molecule has 0 saturated carbocycles. The van der Waals surface area contributed by atoms with Crippen LogP contribution in [0.5, 0.6) is 0 Å². The van der Waals surface area contributed by atoms with Crippen molar-refractivity contribution >= 4 is 29.3 Å². The van der Waals surface area contributed by atoms with Crippen LogP contribution in [0.15, 0.2) is 24.3 Å². The molecule has 8 nitrogen and oxygen atoms in total. The Morgan fingerprint density at radius 3 is 2.33 bits per heavy atom. The maximum Gasteiger partial charge on any atom is 0.330 e. The van der Waals surface area contributed by atoms with Crippen molar-refractivity contribution in [3.05, 3.63) is 40.0 Å². The summed E-state index contributed by atoms with van der Waals surface area (Å²) < 4.78 is 4.52. The summed E-state index contributed by atoms with van der Waals surface area (Å²) in [6, 6.07) is 4.83. The summed E-state index contributed by atoms with van der Waals surface area (Å²) in [6.07, 6.45) is 2.69. The van der Waals surface area contributed by atoms with E-state index in [-0.39, 0.29) is 11.6 Å². The van der Waals surface area contributed by atoms with Crippen LogP contribution in [0.25, 0.3) is 6.08 Å². The minimum absolute atomic E-state index is 0.0300. The normalized spacial score (nSPS) is 15.1. The van der Waals surface area contributed by atoms with Crippen LogP contribution < -0.4 is 4.90 Å². The quantitative estimate of drug-likeness (QED) is 0.347. The second-order valence-electron chi connectivity index (χ2n) is 7.39. The van der Waals surface area contributed by atoms with Crippen LogP contribution in [0, 0.1) is 15.5 Å². The van der Waals surface area contributed by atoms with Gasteiger partial charge in [0.1, 0.15) is 5.69 Å². The number of nitro groups is 1. The standard InChI is InChI=1S/C19H25N3O5/c1-19(2,3)18(24)21-11-9-20(10-12-21)15-7-5-14(6-8-17(23)27-4)13-16(15)22(25)26/h5-8,13H,9-12H2,1-4H3/b8-6+. The number of hydrogen-bond donors (Lipinski definition) is 0. The number of nitrogens with zero attached hydrogens (tertiary/aromatic N) is 3. The third kappa shape index (κ3) is 5.06. The van der Waals surface area contributed by atoms with E-state index in [4.69, 9.17) is 0 Å². The number of nitro benzene ring substituents is 1. The van der Waals surface area contributed by atoms with Crippen LogP contribution in [-0.2, 0) is 14.3 Å². The molecule has 0 unspecified atom stereocenters.